The average Bonchev–Trinajstić information content (AvgIpc) is 3.29. The van der Waals surface area contributed by atoms with Crippen molar-refractivity contribution < 1.29 is 19.1 Å². The van der Waals surface area contributed by atoms with Crippen molar-refractivity contribution in [3.63, 3.8) is 0 Å². The molecule has 0 radical (unpaired) electrons. The molecule has 138 valence electrons. The number of amides is 2. The zero-order chi connectivity index (χ0) is 19.2. The van der Waals surface area contributed by atoms with E-state index in [4.69, 9.17) is 10.00 Å². The standard InChI is InChI=1S/C18H16N4O4S/c19-9-12-3-5-13(6-4-12)20-15(23)10-26-17(25)8-14-11-27-18(21-14)22-7-1-2-16(22)24/h3-6,11H,1-2,7-8,10H2,(H,20,23). The topological polar surface area (TPSA) is 112 Å². The predicted octanol–water partition coefficient (Wildman–Crippen LogP) is 1.87. The summed E-state index contributed by atoms with van der Waals surface area (Å²) >= 11 is 1.31. The lowest BCUT2D eigenvalue weighted by molar-refractivity contribution is -0.146. The Morgan fingerprint density at radius 2 is 2.11 bits per heavy atom. The number of benzene rings is 1. The fourth-order valence-corrected chi connectivity index (χ4v) is 3.39. The van der Waals surface area contributed by atoms with Gasteiger partial charge in [0.25, 0.3) is 5.91 Å². The summed E-state index contributed by atoms with van der Waals surface area (Å²) in [7, 11) is 0. The molecule has 1 fully saturated rings. The maximum Gasteiger partial charge on any atom is 0.312 e. The molecule has 2 heterocycles. The number of thiazole rings is 1. The Hall–Kier alpha value is -3.25. The largest absolute Gasteiger partial charge is 0.455 e. The van der Waals surface area contributed by atoms with E-state index < -0.39 is 18.5 Å². The second-order valence-corrected chi connectivity index (χ2v) is 6.68. The monoisotopic (exact) mass is 384 g/mol. The summed E-state index contributed by atoms with van der Waals surface area (Å²) in [6.45, 7) is 0.228. The van der Waals surface area contributed by atoms with E-state index in [0.29, 0.717) is 35.0 Å². The Morgan fingerprint density at radius 1 is 1.33 bits per heavy atom. The molecule has 3 rings (SSSR count). The van der Waals surface area contributed by atoms with Crippen LogP contribution in [0.25, 0.3) is 0 Å². The van der Waals surface area contributed by atoms with Crippen molar-refractivity contribution in [2.24, 2.45) is 0 Å². The van der Waals surface area contributed by atoms with Crippen molar-refractivity contribution >= 4 is 39.9 Å². The number of esters is 1. The van der Waals surface area contributed by atoms with Crippen molar-refractivity contribution in [1.29, 1.82) is 5.26 Å². The van der Waals surface area contributed by atoms with Gasteiger partial charge in [-0.3, -0.25) is 19.3 Å². The Morgan fingerprint density at radius 3 is 2.78 bits per heavy atom. The summed E-state index contributed by atoms with van der Waals surface area (Å²) in [4.78, 5) is 41.3. The number of rotatable bonds is 6. The van der Waals surface area contributed by atoms with Gasteiger partial charge in [-0.2, -0.15) is 5.26 Å². The van der Waals surface area contributed by atoms with Crippen LogP contribution in [0.1, 0.15) is 24.1 Å². The van der Waals surface area contributed by atoms with E-state index in [9.17, 15) is 14.4 Å². The SMILES string of the molecule is N#Cc1ccc(NC(=O)COC(=O)Cc2csc(N3CCCC3=O)n2)cc1. The normalized spacial score (nSPS) is 13.3. The number of hydrogen-bond donors (Lipinski definition) is 1. The molecule has 1 aromatic carbocycles. The van der Waals surface area contributed by atoms with Crippen molar-refractivity contribution in [3.05, 3.63) is 40.9 Å². The molecule has 0 spiro atoms. The van der Waals surface area contributed by atoms with Gasteiger partial charge in [0.15, 0.2) is 11.7 Å². The van der Waals surface area contributed by atoms with Gasteiger partial charge >= 0.3 is 5.97 Å². The summed E-state index contributed by atoms with van der Waals surface area (Å²) in [5.74, 6) is -1.01. The van der Waals surface area contributed by atoms with Gasteiger partial charge in [0.1, 0.15) is 0 Å². The zero-order valence-electron chi connectivity index (χ0n) is 14.3. The number of carbonyl (C=O) groups excluding carboxylic acids is 3. The van der Waals surface area contributed by atoms with Crippen molar-refractivity contribution in [1.82, 2.24) is 4.98 Å². The van der Waals surface area contributed by atoms with Gasteiger partial charge < -0.3 is 10.1 Å². The minimum Gasteiger partial charge on any atom is -0.455 e. The lowest BCUT2D eigenvalue weighted by Crippen LogP contribution is -2.23. The molecule has 9 heteroatoms. The molecule has 0 atom stereocenters. The van der Waals surface area contributed by atoms with Crippen LogP contribution in [0.2, 0.25) is 0 Å². The third-order valence-electron chi connectivity index (χ3n) is 3.83. The molecule has 2 aromatic rings. The number of ether oxygens (including phenoxy) is 1. The molecular formula is C18H16N4O4S. The van der Waals surface area contributed by atoms with E-state index in [0.717, 1.165) is 6.42 Å². The maximum atomic E-state index is 11.9. The molecule has 1 aromatic heterocycles. The van der Waals surface area contributed by atoms with E-state index in [2.05, 4.69) is 10.3 Å². The number of nitrogens with one attached hydrogen (secondary N) is 1. The highest BCUT2D eigenvalue weighted by Gasteiger charge is 2.24. The van der Waals surface area contributed by atoms with E-state index in [1.807, 2.05) is 6.07 Å². The predicted molar refractivity (Wildman–Crippen MR) is 98.2 cm³/mol. The smallest absolute Gasteiger partial charge is 0.312 e. The van der Waals surface area contributed by atoms with Crippen LogP contribution >= 0.6 is 11.3 Å². The van der Waals surface area contributed by atoms with Crippen molar-refractivity contribution in [3.8, 4) is 6.07 Å². The van der Waals surface area contributed by atoms with Crippen LogP contribution in [-0.4, -0.2) is 35.9 Å². The van der Waals surface area contributed by atoms with Crippen molar-refractivity contribution in [2.45, 2.75) is 19.3 Å². The summed E-state index contributed by atoms with van der Waals surface area (Å²) in [6, 6.07) is 8.32. The van der Waals surface area contributed by atoms with Crippen LogP contribution in [-0.2, 0) is 25.5 Å². The minimum atomic E-state index is -0.574. The van der Waals surface area contributed by atoms with E-state index >= 15 is 0 Å². The van der Waals surface area contributed by atoms with Gasteiger partial charge in [-0.05, 0) is 30.7 Å². The highest BCUT2D eigenvalue weighted by atomic mass is 32.1. The van der Waals surface area contributed by atoms with Gasteiger partial charge in [0, 0.05) is 24.0 Å². The van der Waals surface area contributed by atoms with Crippen LogP contribution in [0.3, 0.4) is 0 Å². The van der Waals surface area contributed by atoms with Crippen LogP contribution in [0.15, 0.2) is 29.6 Å². The lowest BCUT2D eigenvalue weighted by Gasteiger charge is -2.10. The summed E-state index contributed by atoms with van der Waals surface area (Å²) in [5, 5.41) is 13.6. The third kappa shape index (κ3) is 4.89. The van der Waals surface area contributed by atoms with E-state index in [1.165, 1.54) is 11.3 Å². The first-order chi connectivity index (χ1) is 13.0. The Labute approximate surface area is 159 Å². The summed E-state index contributed by atoms with van der Waals surface area (Å²) < 4.78 is 4.96. The second-order valence-electron chi connectivity index (χ2n) is 5.85. The minimum absolute atomic E-state index is 0.0398. The van der Waals surface area contributed by atoms with E-state index in [1.54, 1.807) is 34.5 Å². The van der Waals surface area contributed by atoms with E-state index in [-0.39, 0.29) is 12.3 Å². The van der Waals surface area contributed by atoms with Crippen LogP contribution in [0.4, 0.5) is 10.8 Å². The Bertz CT molecular complexity index is 901. The maximum absolute atomic E-state index is 11.9. The van der Waals surface area contributed by atoms with Crippen LogP contribution in [0.5, 0.6) is 0 Å². The molecule has 0 aliphatic carbocycles. The lowest BCUT2D eigenvalue weighted by atomic mass is 10.2. The number of nitriles is 1. The molecule has 1 aliphatic rings. The first-order valence-corrected chi connectivity index (χ1v) is 9.13. The van der Waals surface area contributed by atoms with Gasteiger partial charge in [-0.15, -0.1) is 11.3 Å². The first kappa shape index (κ1) is 18.5. The molecular weight excluding hydrogens is 368 g/mol. The number of hydrogen-bond acceptors (Lipinski definition) is 7. The second kappa shape index (κ2) is 8.42. The average molecular weight is 384 g/mol. The van der Waals surface area contributed by atoms with Crippen molar-refractivity contribution in [2.75, 3.05) is 23.4 Å². The fraction of sp³-hybridized carbons (Fsp3) is 0.278. The summed E-state index contributed by atoms with van der Waals surface area (Å²) in [5.41, 5.74) is 1.50. The quantitative estimate of drug-likeness (QED) is 0.761. The molecule has 1 saturated heterocycles. The van der Waals surface area contributed by atoms with Gasteiger partial charge in [-0.25, -0.2) is 4.98 Å². The van der Waals surface area contributed by atoms with Gasteiger partial charge in [0.05, 0.1) is 23.7 Å². The third-order valence-corrected chi connectivity index (χ3v) is 4.74. The number of anilines is 2. The Kier molecular flexibility index (Phi) is 5.78. The Balaban J connectivity index is 1.45. The van der Waals surface area contributed by atoms with Gasteiger partial charge in [-0.1, -0.05) is 0 Å². The molecule has 8 nitrogen and oxygen atoms in total. The molecule has 2 amide bonds. The van der Waals surface area contributed by atoms with Crippen LogP contribution in [0, 0.1) is 11.3 Å². The zero-order valence-corrected chi connectivity index (χ0v) is 15.1. The first-order valence-electron chi connectivity index (χ1n) is 8.25. The molecule has 0 saturated carbocycles. The van der Waals surface area contributed by atoms with Gasteiger partial charge in [0.2, 0.25) is 5.91 Å². The number of aromatic nitrogens is 1. The summed E-state index contributed by atoms with van der Waals surface area (Å²) in [6.07, 6.45) is 1.26. The molecule has 1 aliphatic heterocycles. The highest BCUT2D eigenvalue weighted by Crippen LogP contribution is 2.25. The van der Waals surface area contributed by atoms with Crippen LogP contribution < -0.4 is 10.2 Å². The highest BCUT2D eigenvalue weighted by molar-refractivity contribution is 7.14. The molecule has 0 unspecified atom stereocenters. The number of nitrogens with zero attached hydrogens (tertiary/aromatic N) is 3. The molecule has 0 bridgehead atoms. The number of carbonyl (C=O) groups is 3. The fourth-order valence-electron chi connectivity index (χ4n) is 2.52. The molecule has 1 N–H and O–H groups in total. The molecule has 27 heavy (non-hydrogen) atoms.